The fraction of sp³-hybridized carbons (Fsp3) is 0.296. The van der Waals surface area contributed by atoms with Crippen molar-refractivity contribution in [1.82, 2.24) is 4.90 Å². The maximum absolute atomic E-state index is 15.3. The van der Waals surface area contributed by atoms with Crippen molar-refractivity contribution in [3.8, 4) is 11.5 Å². The van der Waals surface area contributed by atoms with Gasteiger partial charge in [0.25, 0.3) is 0 Å². The van der Waals surface area contributed by atoms with Crippen LogP contribution in [0.5, 0.6) is 11.5 Å². The van der Waals surface area contributed by atoms with E-state index in [0.29, 0.717) is 37.3 Å². The molecule has 0 radical (unpaired) electrons. The van der Waals surface area contributed by atoms with E-state index < -0.39 is 23.8 Å². The van der Waals surface area contributed by atoms with Crippen LogP contribution in [0.25, 0.3) is 0 Å². The van der Waals surface area contributed by atoms with E-state index >= 15 is 8.78 Å². The number of carboxylic acid groups (broad SMARTS) is 1. The Bertz CT molecular complexity index is 1170. The zero-order valence-electron chi connectivity index (χ0n) is 19.2. The highest BCUT2D eigenvalue weighted by Gasteiger charge is 2.38. The van der Waals surface area contributed by atoms with Gasteiger partial charge in [0.2, 0.25) is 0 Å². The molecular weight excluding hydrogens is 459 g/mol. The molecule has 0 fully saturated rings. The molecule has 1 aliphatic rings. The number of benzene rings is 3. The summed E-state index contributed by atoms with van der Waals surface area (Å²) in [5.41, 5.74) is 1.12. The van der Waals surface area contributed by atoms with Crippen LogP contribution < -0.4 is 9.47 Å². The molecule has 4 rings (SSSR count). The highest BCUT2D eigenvalue weighted by atomic mass is 19.3. The van der Waals surface area contributed by atoms with Crippen LogP contribution in [0.15, 0.2) is 66.7 Å². The maximum atomic E-state index is 15.3. The Balaban J connectivity index is 1.52. The average molecular weight is 486 g/mol. The lowest BCUT2D eigenvalue weighted by Gasteiger charge is -2.23. The minimum Gasteiger partial charge on any atom is -0.492 e. The molecule has 35 heavy (non-hydrogen) atoms. The van der Waals surface area contributed by atoms with Crippen molar-refractivity contribution in [3.63, 3.8) is 0 Å². The first-order valence-electron chi connectivity index (χ1n) is 11.3. The number of nitrogens with zero attached hydrogens (tertiary/aromatic N) is 1. The van der Waals surface area contributed by atoms with Crippen LogP contribution in [0.2, 0.25) is 0 Å². The first-order valence-corrected chi connectivity index (χ1v) is 11.3. The number of carbonyl (C=O) groups is 1. The Morgan fingerprint density at radius 2 is 1.83 bits per heavy atom. The number of hydrogen-bond acceptors (Lipinski definition) is 4. The molecule has 3 aromatic carbocycles. The molecule has 0 spiro atoms. The minimum absolute atomic E-state index is 0.132. The lowest BCUT2D eigenvalue weighted by Crippen LogP contribution is -2.28. The van der Waals surface area contributed by atoms with Crippen molar-refractivity contribution in [1.29, 1.82) is 0 Å². The summed E-state index contributed by atoms with van der Waals surface area (Å²) < 4.78 is 55.7. The molecule has 3 aromatic rings. The van der Waals surface area contributed by atoms with Gasteiger partial charge in [0.15, 0.2) is 0 Å². The van der Waals surface area contributed by atoms with Crippen LogP contribution in [0.4, 0.5) is 13.2 Å². The SMILES string of the molecule is CN(CCC(Oc1ccc(C(F)(F)c2cccc3c2OCC3)cc1)c1ccc(F)cc1)CC(=O)O. The zero-order chi connectivity index (χ0) is 25.0. The number of aliphatic carboxylic acids is 1. The highest BCUT2D eigenvalue weighted by Crippen LogP contribution is 2.44. The number of para-hydroxylation sites is 1. The number of fused-ring (bicyclic) bond motifs is 1. The molecule has 1 heterocycles. The van der Waals surface area contributed by atoms with Crippen molar-refractivity contribution in [2.45, 2.75) is 24.9 Å². The van der Waals surface area contributed by atoms with Crippen molar-refractivity contribution >= 4 is 5.97 Å². The van der Waals surface area contributed by atoms with Crippen LogP contribution in [0.1, 0.15) is 34.8 Å². The average Bonchev–Trinajstić information content (AvgIpc) is 3.31. The van der Waals surface area contributed by atoms with Gasteiger partial charge in [0, 0.05) is 24.9 Å². The first-order chi connectivity index (χ1) is 16.7. The zero-order valence-corrected chi connectivity index (χ0v) is 19.2. The third-order valence-electron chi connectivity index (χ3n) is 5.97. The van der Waals surface area contributed by atoms with Gasteiger partial charge in [-0.2, -0.15) is 8.78 Å². The summed E-state index contributed by atoms with van der Waals surface area (Å²) in [6, 6.07) is 16.2. The van der Waals surface area contributed by atoms with Crippen LogP contribution >= 0.6 is 0 Å². The molecule has 0 bridgehead atoms. The van der Waals surface area contributed by atoms with Gasteiger partial charge in [-0.05, 0) is 60.6 Å². The van der Waals surface area contributed by atoms with Gasteiger partial charge < -0.3 is 14.6 Å². The number of carboxylic acids is 1. The smallest absolute Gasteiger partial charge is 0.317 e. The number of hydrogen-bond donors (Lipinski definition) is 1. The molecule has 0 amide bonds. The second kappa shape index (κ2) is 10.4. The van der Waals surface area contributed by atoms with E-state index in [4.69, 9.17) is 14.6 Å². The number of rotatable bonds is 10. The molecule has 1 atom stereocenters. The molecule has 1 N–H and O–H groups in total. The summed E-state index contributed by atoms with van der Waals surface area (Å²) in [5.74, 6) is -3.96. The quantitative estimate of drug-likeness (QED) is 0.415. The lowest BCUT2D eigenvalue weighted by atomic mass is 9.97. The number of halogens is 3. The lowest BCUT2D eigenvalue weighted by molar-refractivity contribution is -0.138. The molecule has 1 aliphatic heterocycles. The van der Waals surface area contributed by atoms with E-state index in [1.165, 1.54) is 42.5 Å². The van der Waals surface area contributed by atoms with E-state index in [9.17, 15) is 9.18 Å². The Morgan fingerprint density at radius 3 is 2.51 bits per heavy atom. The molecule has 0 saturated heterocycles. The fourth-order valence-electron chi connectivity index (χ4n) is 4.14. The van der Waals surface area contributed by atoms with Crippen LogP contribution in [-0.2, 0) is 17.1 Å². The Labute approximate surface area is 201 Å². The van der Waals surface area contributed by atoms with E-state index in [2.05, 4.69) is 0 Å². The van der Waals surface area contributed by atoms with Gasteiger partial charge in [-0.15, -0.1) is 0 Å². The molecule has 184 valence electrons. The van der Waals surface area contributed by atoms with E-state index in [-0.39, 0.29) is 23.4 Å². The Morgan fingerprint density at radius 1 is 1.11 bits per heavy atom. The monoisotopic (exact) mass is 485 g/mol. The third kappa shape index (κ3) is 5.77. The molecule has 8 heteroatoms. The van der Waals surface area contributed by atoms with Gasteiger partial charge in [-0.1, -0.05) is 24.3 Å². The van der Waals surface area contributed by atoms with Gasteiger partial charge in [-0.25, -0.2) is 4.39 Å². The molecule has 0 saturated carbocycles. The standard InChI is InChI=1S/C27H26F3NO4/c1-31(17-25(32)33)15-13-24(18-5-9-21(28)10-6-18)35-22-11-7-20(8-12-22)27(29,30)23-4-2-3-19-14-16-34-26(19)23/h2-12,24H,13-17H2,1H3,(H,32,33). The summed E-state index contributed by atoms with van der Waals surface area (Å²) in [6.07, 6.45) is 0.503. The molecule has 0 aromatic heterocycles. The minimum atomic E-state index is -3.25. The number of ether oxygens (including phenoxy) is 2. The topological polar surface area (TPSA) is 59.0 Å². The van der Waals surface area contributed by atoms with Crippen LogP contribution in [-0.4, -0.2) is 42.7 Å². The predicted molar refractivity (Wildman–Crippen MR) is 125 cm³/mol. The van der Waals surface area contributed by atoms with E-state index in [0.717, 1.165) is 5.56 Å². The number of likely N-dealkylation sites (N-methyl/N-ethyl adjacent to an activating group) is 1. The summed E-state index contributed by atoms with van der Waals surface area (Å²) in [6.45, 7) is 0.665. The summed E-state index contributed by atoms with van der Waals surface area (Å²) in [7, 11) is 1.68. The highest BCUT2D eigenvalue weighted by molar-refractivity contribution is 5.69. The van der Waals surface area contributed by atoms with E-state index in [1.54, 1.807) is 36.2 Å². The third-order valence-corrected chi connectivity index (χ3v) is 5.97. The second-order valence-corrected chi connectivity index (χ2v) is 8.57. The van der Waals surface area contributed by atoms with Gasteiger partial charge in [0.05, 0.1) is 18.7 Å². The van der Waals surface area contributed by atoms with Crippen molar-refractivity contribution in [2.75, 3.05) is 26.7 Å². The molecule has 1 unspecified atom stereocenters. The first kappa shape index (κ1) is 24.6. The largest absolute Gasteiger partial charge is 0.492 e. The number of alkyl halides is 2. The summed E-state index contributed by atoms with van der Waals surface area (Å²) in [5, 5.41) is 8.97. The Hall–Kier alpha value is -3.52. The summed E-state index contributed by atoms with van der Waals surface area (Å²) in [4.78, 5) is 12.6. The van der Waals surface area contributed by atoms with Gasteiger partial charge >= 0.3 is 11.9 Å². The maximum Gasteiger partial charge on any atom is 0.317 e. The van der Waals surface area contributed by atoms with Gasteiger partial charge in [-0.3, -0.25) is 9.69 Å². The Kier molecular flexibility index (Phi) is 7.31. The van der Waals surface area contributed by atoms with Crippen molar-refractivity contribution in [3.05, 3.63) is 94.8 Å². The molecular formula is C27H26F3NO4. The predicted octanol–water partition coefficient (Wildman–Crippen LogP) is 5.43. The normalized spacial score (nSPS) is 13.9. The van der Waals surface area contributed by atoms with Crippen LogP contribution in [0, 0.1) is 5.82 Å². The van der Waals surface area contributed by atoms with Crippen molar-refractivity contribution in [2.24, 2.45) is 0 Å². The molecule has 0 aliphatic carbocycles. The summed E-state index contributed by atoms with van der Waals surface area (Å²) >= 11 is 0. The van der Waals surface area contributed by atoms with Crippen molar-refractivity contribution < 1.29 is 32.5 Å². The fourth-order valence-corrected chi connectivity index (χ4v) is 4.14. The van der Waals surface area contributed by atoms with Crippen LogP contribution in [0.3, 0.4) is 0 Å². The molecule has 5 nitrogen and oxygen atoms in total. The van der Waals surface area contributed by atoms with Gasteiger partial charge in [0.1, 0.15) is 23.4 Å². The van der Waals surface area contributed by atoms with E-state index in [1.807, 2.05) is 0 Å². The second-order valence-electron chi connectivity index (χ2n) is 8.57.